The van der Waals surface area contributed by atoms with E-state index >= 15 is 0 Å². The summed E-state index contributed by atoms with van der Waals surface area (Å²) in [6.07, 6.45) is 2.96. The zero-order valence-corrected chi connectivity index (χ0v) is 4.33. The Balaban J connectivity index is 3.56. The summed E-state index contributed by atoms with van der Waals surface area (Å²) in [4.78, 5) is 0. The number of halogens is 2. The number of allylic oxidation sites excluding steroid dienone is 2. The van der Waals surface area contributed by atoms with E-state index in [0.29, 0.717) is 0 Å². The van der Waals surface area contributed by atoms with Gasteiger partial charge in [0.2, 0.25) is 0 Å². The van der Waals surface area contributed by atoms with Crippen LogP contribution in [-0.4, -0.2) is 5.92 Å². The first-order valence-electron chi connectivity index (χ1n) is 1.96. The smallest absolute Gasteiger partial charge is 0.202 e. The molecule has 0 bridgehead atoms. The molecule has 0 heterocycles. The quantitative estimate of drug-likeness (QED) is 0.478. The van der Waals surface area contributed by atoms with Gasteiger partial charge in [0, 0.05) is 6.92 Å². The topological polar surface area (TPSA) is 0 Å². The van der Waals surface area contributed by atoms with Crippen LogP contribution in [0.2, 0.25) is 0 Å². The van der Waals surface area contributed by atoms with Gasteiger partial charge in [-0.25, -0.2) is 8.78 Å². The lowest BCUT2D eigenvalue weighted by Gasteiger charge is -1.98. The molecule has 0 aromatic carbocycles. The second kappa shape index (κ2) is 2.05. The van der Waals surface area contributed by atoms with E-state index in [1.165, 1.54) is 6.92 Å². The Morgan fingerprint density at radius 2 is 2.00 bits per heavy atom. The Bertz CT molecular complexity index is 68.6. The van der Waals surface area contributed by atoms with Gasteiger partial charge < -0.3 is 0 Å². The minimum atomic E-state index is -2.69. The standard InChI is InChI=1S/C5H7F2/c1-3-4-5(2,6)7/h4H,1-2H3. The highest BCUT2D eigenvalue weighted by atomic mass is 19.3. The van der Waals surface area contributed by atoms with E-state index in [2.05, 4.69) is 6.08 Å². The van der Waals surface area contributed by atoms with Gasteiger partial charge in [-0.3, -0.25) is 0 Å². The summed E-state index contributed by atoms with van der Waals surface area (Å²) < 4.78 is 23.2. The first-order valence-corrected chi connectivity index (χ1v) is 1.96. The molecule has 0 rings (SSSR count). The number of alkyl halides is 2. The summed E-state index contributed by atoms with van der Waals surface area (Å²) in [5.74, 6) is -2.69. The molecule has 0 spiro atoms. The van der Waals surface area contributed by atoms with E-state index in [0.717, 1.165) is 13.0 Å². The Kier molecular flexibility index (Phi) is 1.93. The maximum Gasteiger partial charge on any atom is 0.264 e. The zero-order valence-electron chi connectivity index (χ0n) is 4.33. The number of hydrogen-bond donors (Lipinski definition) is 0. The van der Waals surface area contributed by atoms with Crippen LogP contribution >= 0.6 is 0 Å². The first-order chi connectivity index (χ1) is 3.06. The average molecular weight is 105 g/mol. The van der Waals surface area contributed by atoms with Crippen molar-refractivity contribution in [3.8, 4) is 0 Å². The van der Waals surface area contributed by atoms with E-state index in [-0.39, 0.29) is 0 Å². The molecule has 0 nitrogen and oxygen atoms in total. The molecule has 0 aliphatic carbocycles. The van der Waals surface area contributed by atoms with E-state index < -0.39 is 5.92 Å². The van der Waals surface area contributed by atoms with Crippen molar-refractivity contribution in [1.82, 2.24) is 0 Å². The molecular weight excluding hydrogens is 98.1 g/mol. The number of rotatable bonds is 1. The maximum atomic E-state index is 11.6. The SMILES string of the molecule is C/[C]=C/C(C)(F)F. The molecular formula is C5H7F2. The van der Waals surface area contributed by atoms with Crippen LogP contribution in [0.1, 0.15) is 13.8 Å². The molecule has 0 unspecified atom stereocenters. The third kappa shape index (κ3) is 5.60. The van der Waals surface area contributed by atoms with Crippen LogP contribution in [0.25, 0.3) is 0 Å². The van der Waals surface area contributed by atoms with Crippen molar-refractivity contribution < 1.29 is 8.78 Å². The summed E-state index contributed by atoms with van der Waals surface area (Å²) in [6, 6.07) is 0. The van der Waals surface area contributed by atoms with Crippen molar-refractivity contribution >= 4 is 0 Å². The van der Waals surface area contributed by atoms with Gasteiger partial charge in [-0.15, -0.1) is 0 Å². The molecule has 0 fully saturated rings. The van der Waals surface area contributed by atoms with Gasteiger partial charge in [-0.1, -0.05) is 0 Å². The average Bonchev–Trinajstić information content (AvgIpc) is 1.30. The van der Waals surface area contributed by atoms with E-state index in [1.807, 2.05) is 0 Å². The predicted octanol–water partition coefficient (Wildman–Crippen LogP) is 2.02. The molecule has 0 aromatic rings. The number of hydrogen-bond acceptors (Lipinski definition) is 0. The normalized spacial score (nSPS) is 13.1. The Morgan fingerprint density at radius 1 is 1.57 bits per heavy atom. The van der Waals surface area contributed by atoms with Crippen LogP contribution in [0, 0.1) is 6.08 Å². The molecule has 0 atom stereocenters. The Morgan fingerprint density at radius 3 is 2.00 bits per heavy atom. The van der Waals surface area contributed by atoms with E-state index in [4.69, 9.17) is 0 Å². The van der Waals surface area contributed by atoms with Gasteiger partial charge in [0.05, 0.1) is 0 Å². The van der Waals surface area contributed by atoms with Crippen LogP contribution in [0.4, 0.5) is 8.78 Å². The largest absolute Gasteiger partial charge is 0.264 e. The van der Waals surface area contributed by atoms with Crippen LogP contribution < -0.4 is 0 Å². The van der Waals surface area contributed by atoms with Gasteiger partial charge in [0.25, 0.3) is 5.92 Å². The lowest BCUT2D eigenvalue weighted by atomic mass is 10.3. The highest BCUT2D eigenvalue weighted by Gasteiger charge is 2.13. The minimum Gasteiger partial charge on any atom is -0.202 e. The fourth-order valence-electron chi connectivity index (χ4n) is 0.253. The monoisotopic (exact) mass is 105 g/mol. The van der Waals surface area contributed by atoms with Gasteiger partial charge in [-0.2, -0.15) is 0 Å². The molecule has 0 saturated carbocycles. The molecule has 0 aromatic heterocycles. The molecule has 0 amide bonds. The highest BCUT2D eigenvalue weighted by Crippen LogP contribution is 2.11. The van der Waals surface area contributed by atoms with Gasteiger partial charge >= 0.3 is 0 Å². The lowest BCUT2D eigenvalue weighted by Crippen LogP contribution is -2.02. The molecule has 1 radical (unpaired) electrons. The van der Waals surface area contributed by atoms with Gasteiger partial charge in [-0.05, 0) is 19.1 Å². The van der Waals surface area contributed by atoms with Crippen molar-refractivity contribution in [2.75, 3.05) is 0 Å². The molecule has 0 aliphatic rings. The predicted molar refractivity (Wildman–Crippen MR) is 24.1 cm³/mol. The molecule has 0 aliphatic heterocycles. The first kappa shape index (κ1) is 6.60. The summed E-state index contributed by atoms with van der Waals surface area (Å²) in [6.45, 7) is 2.26. The second-order valence-corrected chi connectivity index (χ2v) is 1.39. The Labute approximate surface area is 41.8 Å². The van der Waals surface area contributed by atoms with E-state index in [1.54, 1.807) is 0 Å². The third-order valence-corrected chi connectivity index (χ3v) is 0.398. The van der Waals surface area contributed by atoms with Crippen molar-refractivity contribution in [3.63, 3.8) is 0 Å². The summed E-state index contributed by atoms with van der Waals surface area (Å²) in [7, 11) is 0. The summed E-state index contributed by atoms with van der Waals surface area (Å²) >= 11 is 0. The lowest BCUT2D eigenvalue weighted by molar-refractivity contribution is 0.0768. The zero-order chi connectivity index (χ0) is 5.91. The summed E-state index contributed by atoms with van der Waals surface area (Å²) in [5, 5.41) is 0. The van der Waals surface area contributed by atoms with Gasteiger partial charge in [0.15, 0.2) is 0 Å². The highest BCUT2D eigenvalue weighted by molar-refractivity contribution is 4.83. The van der Waals surface area contributed by atoms with Crippen molar-refractivity contribution in [3.05, 3.63) is 12.2 Å². The molecule has 7 heavy (non-hydrogen) atoms. The van der Waals surface area contributed by atoms with E-state index in [9.17, 15) is 8.78 Å². The molecule has 41 valence electrons. The van der Waals surface area contributed by atoms with Crippen LogP contribution in [-0.2, 0) is 0 Å². The maximum absolute atomic E-state index is 11.6. The summed E-state index contributed by atoms with van der Waals surface area (Å²) in [5.41, 5.74) is 0. The minimum absolute atomic E-state index is 0.729. The molecule has 2 heteroatoms. The van der Waals surface area contributed by atoms with Gasteiger partial charge in [0.1, 0.15) is 0 Å². The van der Waals surface area contributed by atoms with Crippen LogP contribution in [0.5, 0.6) is 0 Å². The molecule has 0 N–H and O–H groups in total. The van der Waals surface area contributed by atoms with Crippen LogP contribution in [0.15, 0.2) is 6.08 Å². The third-order valence-electron chi connectivity index (χ3n) is 0.398. The van der Waals surface area contributed by atoms with Crippen molar-refractivity contribution in [2.45, 2.75) is 19.8 Å². The fraction of sp³-hybridized carbons (Fsp3) is 0.600. The van der Waals surface area contributed by atoms with Crippen molar-refractivity contribution in [1.29, 1.82) is 0 Å². The molecule has 0 saturated heterocycles. The second-order valence-electron chi connectivity index (χ2n) is 1.39. The fourth-order valence-corrected chi connectivity index (χ4v) is 0.253. The Hall–Kier alpha value is -0.400. The van der Waals surface area contributed by atoms with Crippen LogP contribution in [0.3, 0.4) is 0 Å². The van der Waals surface area contributed by atoms with Crippen molar-refractivity contribution in [2.24, 2.45) is 0 Å².